The Kier molecular flexibility index (Phi) is 5.05. The predicted molar refractivity (Wildman–Crippen MR) is 75.3 cm³/mol. The number of benzene rings is 1. The van der Waals surface area contributed by atoms with Crippen LogP contribution in [0.1, 0.15) is 12.5 Å². The molecule has 2 rings (SSSR count). The van der Waals surface area contributed by atoms with Crippen molar-refractivity contribution in [2.75, 3.05) is 32.7 Å². The van der Waals surface area contributed by atoms with Crippen LogP contribution in [0, 0.1) is 0 Å². The molecule has 104 valence electrons. The summed E-state index contributed by atoms with van der Waals surface area (Å²) in [7, 11) is 0. The van der Waals surface area contributed by atoms with Crippen molar-refractivity contribution in [1.29, 1.82) is 0 Å². The summed E-state index contributed by atoms with van der Waals surface area (Å²) in [5, 5.41) is 0.686. The summed E-state index contributed by atoms with van der Waals surface area (Å²) < 4.78 is 5.30. The van der Waals surface area contributed by atoms with E-state index in [1.54, 1.807) is 17.0 Å². The van der Waals surface area contributed by atoms with Gasteiger partial charge < -0.3 is 14.5 Å². The second-order valence-corrected chi connectivity index (χ2v) is 5.04. The van der Waals surface area contributed by atoms with Crippen LogP contribution in [0.2, 0.25) is 5.02 Å². The van der Waals surface area contributed by atoms with E-state index in [0.717, 1.165) is 38.3 Å². The molecule has 1 fully saturated rings. The standard InChI is InChI=1S/C14H19ClN2O2/c1-2-16-7-9-17(10-8-16)14(18)19-11-12-3-5-13(15)6-4-12/h3-6H,2,7-11H2,1H3. The summed E-state index contributed by atoms with van der Waals surface area (Å²) in [4.78, 5) is 16.0. The molecule has 19 heavy (non-hydrogen) atoms. The van der Waals surface area contributed by atoms with E-state index >= 15 is 0 Å². The number of nitrogens with zero attached hydrogens (tertiary/aromatic N) is 2. The maximum Gasteiger partial charge on any atom is 0.410 e. The van der Waals surface area contributed by atoms with Gasteiger partial charge in [-0.1, -0.05) is 30.7 Å². The topological polar surface area (TPSA) is 32.8 Å². The van der Waals surface area contributed by atoms with Gasteiger partial charge in [0.2, 0.25) is 0 Å². The fraction of sp³-hybridized carbons (Fsp3) is 0.500. The number of rotatable bonds is 3. The molecule has 1 amide bonds. The molecule has 0 radical (unpaired) electrons. The van der Waals surface area contributed by atoms with Gasteiger partial charge in [-0.15, -0.1) is 0 Å². The summed E-state index contributed by atoms with van der Waals surface area (Å²) in [5.74, 6) is 0. The van der Waals surface area contributed by atoms with E-state index in [4.69, 9.17) is 16.3 Å². The first kappa shape index (κ1) is 14.2. The van der Waals surface area contributed by atoms with E-state index in [1.165, 1.54) is 0 Å². The number of halogens is 1. The molecule has 0 atom stereocenters. The summed E-state index contributed by atoms with van der Waals surface area (Å²) in [6.07, 6.45) is -0.231. The second kappa shape index (κ2) is 6.78. The van der Waals surface area contributed by atoms with Crippen molar-refractivity contribution in [2.24, 2.45) is 0 Å². The van der Waals surface area contributed by atoms with Crippen LogP contribution in [0.4, 0.5) is 4.79 Å². The van der Waals surface area contributed by atoms with Gasteiger partial charge in [0.05, 0.1) is 0 Å². The largest absolute Gasteiger partial charge is 0.445 e. The van der Waals surface area contributed by atoms with Crippen LogP contribution in [0.5, 0.6) is 0 Å². The fourth-order valence-electron chi connectivity index (χ4n) is 2.06. The van der Waals surface area contributed by atoms with E-state index < -0.39 is 0 Å². The maximum absolute atomic E-state index is 11.9. The molecule has 0 spiro atoms. The zero-order valence-electron chi connectivity index (χ0n) is 11.1. The van der Waals surface area contributed by atoms with E-state index in [2.05, 4.69) is 11.8 Å². The van der Waals surface area contributed by atoms with Crippen LogP contribution in [-0.4, -0.2) is 48.6 Å². The second-order valence-electron chi connectivity index (χ2n) is 4.60. The highest BCUT2D eigenvalue weighted by atomic mass is 35.5. The lowest BCUT2D eigenvalue weighted by atomic mass is 10.2. The van der Waals surface area contributed by atoms with Crippen LogP contribution in [0.15, 0.2) is 24.3 Å². The lowest BCUT2D eigenvalue weighted by Gasteiger charge is -2.33. The molecule has 0 aromatic heterocycles. The number of amides is 1. The molecule has 1 saturated heterocycles. The van der Waals surface area contributed by atoms with Crippen molar-refractivity contribution >= 4 is 17.7 Å². The molecule has 1 aliphatic rings. The van der Waals surface area contributed by atoms with Gasteiger partial charge in [-0.25, -0.2) is 4.79 Å². The zero-order chi connectivity index (χ0) is 13.7. The van der Waals surface area contributed by atoms with Crippen LogP contribution in [0.25, 0.3) is 0 Å². The van der Waals surface area contributed by atoms with Crippen molar-refractivity contribution in [3.05, 3.63) is 34.9 Å². The molecule has 0 unspecified atom stereocenters. The first-order valence-corrected chi connectivity index (χ1v) is 6.95. The third-order valence-electron chi connectivity index (χ3n) is 3.35. The highest BCUT2D eigenvalue weighted by Crippen LogP contribution is 2.11. The Labute approximate surface area is 118 Å². The Hall–Kier alpha value is -1.26. The van der Waals surface area contributed by atoms with Crippen molar-refractivity contribution < 1.29 is 9.53 Å². The van der Waals surface area contributed by atoms with Gasteiger partial charge in [-0.2, -0.15) is 0 Å². The number of carbonyl (C=O) groups excluding carboxylic acids is 1. The van der Waals surface area contributed by atoms with Crippen LogP contribution >= 0.6 is 11.6 Å². The Morgan fingerprint density at radius 3 is 2.42 bits per heavy atom. The molecule has 1 aliphatic heterocycles. The first-order valence-electron chi connectivity index (χ1n) is 6.57. The molecule has 0 N–H and O–H groups in total. The molecular formula is C14H19ClN2O2. The molecule has 0 aliphatic carbocycles. The Morgan fingerprint density at radius 2 is 1.84 bits per heavy atom. The smallest absolute Gasteiger partial charge is 0.410 e. The molecule has 5 heteroatoms. The highest BCUT2D eigenvalue weighted by Gasteiger charge is 2.20. The highest BCUT2D eigenvalue weighted by molar-refractivity contribution is 6.30. The van der Waals surface area contributed by atoms with Gasteiger partial charge in [-0.05, 0) is 24.2 Å². The Balaban J connectivity index is 1.77. The Morgan fingerprint density at radius 1 is 1.21 bits per heavy atom. The molecule has 1 aromatic rings. The number of hydrogen-bond donors (Lipinski definition) is 0. The van der Waals surface area contributed by atoms with E-state index in [0.29, 0.717) is 11.6 Å². The summed E-state index contributed by atoms with van der Waals surface area (Å²) >= 11 is 5.80. The number of piperazine rings is 1. The molecular weight excluding hydrogens is 264 g/mol. The minimum absolute atomic E-state index is 0.231. The van der Waals surface area contributed by atoms with Gasteiger partial charge in [-0.3, -0.25) is 0 Å². The molecule has 0 bridgehead atoms. The molecule has 1 aromatic carbocycles. The van der Waals surface area contributed by atoms with Crippen LogP contribution in [0.3, 0.4) is 0 Å². The van der Waals surface area contributed by atoms with Gasteiger partial charge in [0.15, 0.2) is 0 Å². The quantitative estimate of drug-likeness (QED) is 0.854. The van der Waals surface area contributed by atoms with Crippen LogP contribution in [-0.2, 0) is 11.3 Å². The van der Waals surface area contributed by atoms with Crippen molar-refractivity contribution in [3.8, 4) is 0 Å². The SMILES string of the molecule is CCN1CCN(C(=O)OCc2ccc(Cl)cc2)CC1. The number of carbonyl (C=O) groups is 1. The average Bonchev–Trinajstić information content (AvgIpc) is 2.46. The van der Waals surface area contributed by atoms with Crippen molar-refractivity contribution in [3.63, 3.8) is 0 Å². The Bertz CT molecular complexity index is 414. The number of likely N-dealkylation sites (N-methyl/N-ethyl adjacent to an activating group) is 1. The van der Waals surface area contributed by atoms with E-state index in [1.807, 2.05) is 12.1 Å². The molecule has 1 heterocycles. The molecule has 4 nitrogen and oxygen atoms in total. The molecule has 0 saturated carbocycles. The van der Waals surface area contributed by atoms with Gasteiger partial charge in [0, 0.05) is 31.2 Å². The van der Waals surface area contributed by atoms with Gasteiger partial charge >= 0.3 is 6.09 Å². The minimum Gasteiger partial charge on any atom is -0.445 e. The van der Waals surface area contributed by atoms with E-state index in [9.17, 15) is 4.79 Å². The maximum atomic E-state index is 11.9. The fourth-order valence-corrected chi connectivity index (χ4v) is 2.19. The van der Waals surface area contributed by atoms with Crippen molar-refractivity contribution in [2.45, 2.75) is 13.5 Å². The minimum atomic E-state index is -0.231. The monoisotopic (exact) mass is 282 g/mol. The van der Waals surface area contributed by atoms with E-state index in [-0.39, 0.29) is 6.09 Å². The first-order chi connectivity index (χ1) is 9.19. The zero-order valence-corrected chi connectivity index (χ0v) is 11.9. The lowest BCUT2D eigenvalue weighted by molar-refractivity contribution is 0.0729. The van der Waals surface area contributed by atoms with Crippen LogP contribution < -0.4 is 0 Å². The third-order valence-corrected chi connectivity index (χ3v) is 3.61. The summed E-state index contributed by atoms with van der Waals surface area (Å²) in [6.45, 7) is 6.80. The van der Waals surface area contributed by atoms with Gasteiger partial charge in [0.25, 0.3) is 0 Å². The number of ether oxygens (including phenoxy) is 1. The summed E-state index contributed by atoms with van der Waals surface area (Å²) in [6, 6.07) is 7.32. The number of hydrogen-bond acceptors (Lipinski definition) is 3. The average molecular weight is 283 g/mol. The van der Waals surface area contributed by atoms with Gasteiger partial charge in [0.1, 0.15) is 6.61 Å². The normalized spacial score (nSPS) is 16.4. The van der Waals surface area contributed by atoms with Crippen molar-refractivity contribution in [1.82, 2.24) is 9.80 Å². The summed E-state index contributed by atoms with van der Waals surface area (Å²) in [5.41, 5.74) is 0.949. The lowest BCUT2D eigenvalue weighted by Crippen LogP contribution is -2.48. The third kappa shape index (κ3) is 4.11. The predicted octanol–water partition coefficient (Wildman–Crippen LogP) is 2.61.